The zero-order valence-electron chi connectivity index (χ0n) is 18.8. The van der Waals surface area contributed by atoms with Crippen LogP contribution in [0.15, 0.2) is 42.5 Å². The van der Waals surface area contributed by atoms with Crippen molar-refractivity contribution in [2.24, 2.45) is 0 Å². The minimum Gasteiger partial charge on any atom is -0.453 e. The Labute approximate surface area is 191 Å². The SMILES string of the molecule is COC(=O)N1CCCN(C(=O)c2ccccc2C(=O)c2ccc(N(C)C)c([N+](=O)[O-])c2)CC1. The molecule has 174 valence electrons. The van der Waals surface area contributed by atoms with Crippen LogP contribution in [0.1, 0.15) is 32.7 Å². The Morgan fingerprint density at radius 3 is 2.24 bits per heavy atom. The van der Waals surface area contributed by atoms with E-state index >= 15 is 0 Å². The summed E-state index contributed by atoms with van der Waals surface area (Å²) in [6, 6.07) is 10.7. The number of amides is 2. The number of ketones is 1. The molecule has 0 aromatic heterocycles. The number of methoxy groups -OCH3 is 1. The average molecular weight is 454 g/mol. The summed E-state index contributed by atoms with van der Waals surface area (Å²) < 4.78 is 4.76. The highest BCUT2D eigenvalue weighted by atomic mass is 16.6. The van der Waals surface area contributed by atoms with E-state index in [0.717, 1.165) is 0 Å². The molecule has 1 aliphatic heterocycles. The van der Waals surface area contributed by atoms with Gasteiger partial charge in [-0.3, -0.25) is 19.7 Å². The molecule has 10 heteroatoms. The van der Waals surface area contributed by atoms with Gasteiger partial charge in [-0.2, -0.15) is 0 Å². The molecule has 2 amide bonds. The fraction of sp³-hybridized carbons (Fsp3) is 0.348. The van der Waals surface area contributed by atoms with E-state index in [4.69, 9.17) is 4.74 Å². The molecule has 0 radical (unpaired) electrons. The summed E-state index contributed by atoms with van der Waals surface area (Å²) in [6.07, 6.45) is 0.137. The number of hydrogen-bond acceptors (Lipinski definition) is 7. The van der Waals surface area contributed by atoms with Crippen LogP contribution in [0.5, 0.6) is 0 Å². The van der Waals surface area contributed by atoms with Gasteiger partial charge in [-0.05, 0) is 24.6 Å². The first-order valence-electron chi connectivity index (χ1n) is 10.5. The second-order valence-electron chi connectivity index (χ2n) is 7.83. The smallest absolute Gasteiger partial charge is 0.409 e. The van der Waals surface area contributed by atoms with Gasteiger partial charge in [0.2, 0.25) is 0 Å². The van der Waals surface area contributed by atoms with Crippen molar-refractivity contribution in [1.82, 2.24) is 9.80 Å². The zero-order valence-corrected chi connectivity index (χ0v) is 18.8. The predicted molar refractivity (Wildman–Crippen MR) is 122 cm³/mol. The van der Waals surface area contributed by atoms with Crippen molar-refractivity contribution < 1.29 is 24.0 Å². The van der Waals surface area contributed by atoms with Crippen LogP contribution in [0.25, 0.3) is 0 Å². The van der Waals surface area contributed by atoms with E-state index in [9.17, 15) is 24.5 Å². The molecule has 0 saturated carbocycles. The Bertz CT molecular complexity index is 1080. The zero-order chi connectivity index (χ0) is 24.1. The Morgan fingerprint density at radius 1 is 0.970 bits per heavy atom. The van der Waals surface area contributed by atoms with Gasteiger partial charge in [0, 0.05) is 57.5 Å². The largest absolute Gasteiger partial charge is 0.453 e. The highest BCUT2D eigenvalue weighted by Crippen LogP contribution is 2.29. The van der Waals surface area contributed by atoms with Gasteiger partial charge >= 0.3 is 6.09 Å². The number of ether oxygens (including phenoxy) is 1. The molecule has 0 atom stereocenters. The van der Waals surface area contributed by atoms with Crippen LogP contribution < -0.4 is 4.90 Å². The van der Waals surface area contributed by atoms with Crippen molar-refractivity contribution >= 4 is 29.2 Å². The summed E-state index contributed by atoms with van der Waals surface area (Å²) in [5, 5.41) is 11.5. The van der Waals surface area contributed by atoms with Crippen molar-refractivity contribution in [3.63, 3.8) is 0 Å². The molecule has 2 aromatic rings. The molecule has 33 heavy (non-hydrogen) atoms. The van der Waals surface area contributed by atoms with E-state index in [1.165, 1.54) is 30.2 Å². The van der Waals surface area contributed by atoms with Crippen LogP contribution in [0.3, 0.4) is 0 Å². The summed E-state index contributed by atoms with van der Waals surface area (Å²) in [7, 11) is 4.67. The minimum atomic E-state index is -0.534. The van der Waals surface area contributed by atoms with Gasteiger partial charge in [-0.1, -0.05) is 18.2 Å². The number of nitrogens with zero attached hydrogens (tertiary/aromatic N) is 4. The number of nitro benzene ring substituents is 1. The van der Waals surface area contributed by atoms with Crippen molar-refractivity contribution in [3.8, 4) is 0 Å². The number of nitro groups is 1. The molecule has 0 bridgehead atoms. The van der Waals surface area contributed by atoms with Crippen LogP contribution in [0.2, 0.25) is 0 Å². The average Bonchev–Trinajstić information content (AvgIpc) is 3.08. The molecular formula is C23H26N4O6. The van der Waals surface area contributed by atoms with E-state index in [0.29, 0.717) is 38.3 Å². The standard InChI is InChI=1S/C23H26N4O6/c1-24(2)19-10-9-16(15-20(19)27(31)32)21(28)17-7-4-5-8-18(17)22(29)25-11-6-12-26(14-13-25)23(30)33-3/h4-5,7-10,15H,6,11-14H2,1-3H3. The Hall–Kier alpha value is -3.95. The maximum Gasteiger partial charge on any atom is 0.409 e. The summed E-state index contributed by atoms with van der Waals surface area (Å²) in [5.41, 5.74) is 0.697. The predicted octanol–water partition coefficient (Wildman–Crippen LogP) is 2.81. The van der Waals surface area contributed by atoms with E-state index in [1.807, 2.05) is 0 Å². The molecule has 3 rings (SSSR count). The molecule has 0 spiro atoms. The molecule has 1 saturated heterocycles. The van der Waals surface area contributed by atoms with Crippen molar-refractivity contribution in [1.29, 1.82) is 0 Å². The monoisotopic (exact) mass is 454 g/mol. The van der Waals surface area contributed by atoms with Gasteiger partial charge in [-0.15, -0.1) is 0 Å². The van der Waals surface area contributed by atoms with Crippen LogP contribution in [0.4, 0.5) is 16.2 Å². The van der Waals surface area contributed by atoms with Crippen molar-refractivity contribution in [2.45, 2.75) is 6.42 Å². The Kier molecular flexibility index (Phi) is 7.27. The fourth-order valence-electron chi connectivity index (χ4n) is 3.81. The molecular weight excluding hydrogens is 428 g/mol. The van der Waals surface area contributed by atoms with Crippen molar-refractivity contribution in [3.05, 3.63) is 69.3 Å². The Morgan fingerprint density at radius 2 is 1.61 bits per heavy atom. The third kappa shape index (κ3) is 5.11. The summed E-state index contributed by atoms with van der Waals surface area (Å²) in [4.78, 5) is 54.1. The lowest BCUT2D eigenvalue weighted by atomic mass is 9.96. The molecule has 0 unspecified atom stereocenters. The summed E-state index contributed by atoms with van der Waals surface area (Å²) >= 11 is 0. The molecule has 0 N–H and O–H groups in total. The normalized spacial score (nSPS) is 13.8. The fourth-order valence-corrected chi connectivity index (χ4v) is 3.81. The number of carbonyl (C=O) groups is 3. The van der Waals surface area contributed by atoms with Gasteiger partial charge < -0.3 is 19.4 Å². The quantitative estimate of drug-likeness (QED) is 0.388. The lowest BCUT2D eigenvalue weighted by molar-refractivity contribution is -0.384. The van der Waals surface area contributed by atoms with Gasteiger partial charge in [0.1, 0.15) is 5.69 Å². The molecule has 2 aromatic carbocycles. The van der Waals surface area contributed by atoms with Gasteiger partial charge in [0.05, 0.1) is 17.6 Å². The highest BCUT2D eigenvalue weighted by Gasteiger charge is 2.27. The number of hydrogen-bond donors (Lipinski definition) is 0. The van der Waals surface area contributed by atoms with Gasteiger partial charge in [-0.25, -0.2) is 4.79 Å². The first-order chi connectivity index (χ1) is 15.7. The molecule has 1 aliphatic rings. The van der Waals surface area contributed by atoms with E-state index < -0.39 is 16.8 Å². The van der Waals surface area contributed by atoms with Crippen LogP contribution in [0, 0.1) is 10.1 Å². The van der Waals surface area contributed by atoms with E-state index in [-0.39, 0.29) is 28.3 Å². The third-order valence-corrected chi connectivity index (χ3v) is 5.53. The minimum absolute atomic E-state index is 0.125. The second kappa shape index (κ2) is 10.1. The lowest BCUT2D eigenvalue weighted by Crippen LogP contribution is -2.37. The van der Waals surface area contributed by atoms with E-state index in [1.54, 1.807) is 48.2 Å². The van der Waals surface area contributed by atoms with Gasteiger partial charge in [0.25, 0.3) is 11.6 Å². The van der Waals surface area contributed by atoms with Crippen molar-refractivity contribution in [2.75, 3.05) is 52.3 Å². The van der Waals surface area contributed by atoms with Crippen LogP contribution in [-0.4, -0.2) is 79.9 Å². The Balaban J connectivity index is 1.90. The first kappa shape index (κ1) is 23.7. The maximum absolute atomic E-state index is 13.3. The van der Waals surface area contributed by atoms with Crippen LogP contribution in [-0.2, 0) is 4.74 Å². The maximum atomic E-state index is 13.3. The summed E-state index contributed by atoms with van der Waals surface area (Å²) in [5.74, 6) is -0.802. The third-order valence-electron chi connectivity index (χ3n) is 5.53. The highest BCUT2D eigenvalue weighted by molar-refractivity contribution is 6.15. The number of carbonyl (C=O) groups excluding carboxylic acids is 3. The van der Waals surface area contributed by atoms with Crippen LogP contribution >= 0.6 is 0 Å². The first-order valence-corrected chi connectivity index (χ1v) is 10.5. The number of anilines is 1. The molecule has 1 fully saturated rings. The topological polar surface area (TPSA) is 113 Å². The van der Waals surface area contributed by atoms with Gasteiger partial charge in [0.15, 0.2) is 5.78 Å². The molecule has 1 heterocycles. The lowest BCUT2D eigenvalue weighted by Gasteiger charge is -2.22. The van der Waals surface area contributed by atoms with E-state index in [2.05, 4.69) is 0 Å². The molecule has 10 nitrogen and oxygen atoms in total. The second-order valence-corrected chi connectivity index (χ2v) is 7.83. The number of benzene rings is 2. The molecule has 0 aliphatic carbocycles. The summed E-state index contributed by atoms with van der Waals surface area (Å²) in [6.45, 7) is 1.53. The number of rotatable bonds is 5.